The van der Waals surface area contributed by atoms with Gasteiger partial charge in [0, 0.05) is 16.5 Å². The van der Waals surface area contributed by atoms with E-state index < -0.39 is 29.1 Å². The van der Waals surface area contributed by atoms with Gasteiger partial charge in [0.25, 0.3) is 0 Å². The lowest BCUT2D eigenvalue weighted by molar-refractivity contribution is -0.138. The molecule has 3 aromatic carbocycles. The maximum atomic E-state index is 13.0. The van der Waals surface area contributed by atoms with Crippen LogP contribution in [-0.2, 0) is 12.4 Å². The first kappa shape index (κ1) is 20.7. The Morgan fingerprint density at radius 3 is 1.52 bits per heavy atom. The molecule has 4 rings (SSSR count). The molecule has 0 spiro atoms. The quantitative estimate of drug-likeness (QED) is 0.313. The third-order valence-electron chi connectivity index (χ3n) is 4.81. The van der Waals surface area contributed by atoms with Crippen LogP contribution in [0.2, 0.25) is 0 Å². The molecule has 0 aliphatic rings. The van der Waals surface area contributed by atoms with Gasteiger partial charge in [-0.3, -0.25) is 0 Å². The van der Waals surface area contributed by atoms with Crippen molar-refractivity contribution >= 4 is 10.8 Å². The van der Waals surface area contributed by atoms with Crippen LogP contribution in [0.1, 0.15) is 11.1 Å². The number of benzene rings is 3. The number of rotatable bonds is 2. The molecule has 1 aromatic heterocycles. The van der Waals surface area contributed by atoms with Crippen molar-refractivity contribution in [2.45, 2.75) is 12.4 Å². The molecule has 31 heavy (non-hydrogen) atoms. The van der Waals surface area contributed by atoms with Crippen LogP contribution in [-0.4, -0.2) is 0 Å². The summed E-state index contributed by atoms with van der Waals surface area (Å²) >= 11 is 0. The van der Waals surface area contributed by atoms with Crippen molar-refractivity contribution < 1.29 is 30.8 Å². The fourth-order valence-electron chi connectivity index (χ4n) is 3.33. The number of halogens is 6. The van der Waals surface area contributed by atoms with Gasteiger partial charge in [0.2, 0.25) is 0 Å². The number of alkyl halides is 6. The zero-order valence-electron chi connectivity index (χ0n) is 15.5. The summed E-state index contributed by atoms with van der Waals surface area (Å²) in [5.74, 6) is -0.0304. The number of hydrogen-bond donors (Lipinski definition) is 0. The standard InChI is InChI=1S/C23H12F6O2/c24-22(25,26)15-9-5-13(6-10-15)19-17-3-1-2-4-18(17)21(30)31-20(19)14-7-11-16(12-8-14)23(27,28)29/h1-12H. The molecule has 0 saturated heterocycles. The fourth-order valence-corrected chi connectivity index (χ4v) is 3.33. The smallest absolute Gasteiger partial charge is 0.416 e. The molecule has 0 aliphatic carbocycles. The van der Waals surface area contributed by atoms with Gasteiger partial charge in [-0.05, 0) is 35.9 Å². The third-order valence-corrected chi connectivity index (χ3v) is 4.81. The fraction of sp³-hybridized carbons (Fsp3) is 0.0870. The van der Waals surface area contributed by atoms with Gasteiger partial charge in [0.15, 0.2) is 0 Å². The molecule has 0 radical (unpaired) electrons. The van der Waals surface area contributed by atoms with E-state index in [0.717, 1.165) is 36.4 Å². The van der Waals surface area contributed by atoms with E-state index in [1.165, 1.54) is 18.2 Å². The van der Waals surface area contributed by atoms with Crippen molar-refractivity contribution in [3.8, 4) is 22.5 Å². The zero-order valence-corrected chi connectivity index (χ0v) is 15.5. The second-order valence-corrected chi connectivity index (χ2v) is 6.79. The Kier molecular flexibility index (Phi) is 4.88. The number of hydrogen-bond acceptors (Lipinski definition) is 2. The Bertz CT molecular complexity index is 1300. The van der Waals surface area contributed by atoms with Gasteiger partial charge < -0.3 is 4.42 Å². The first-order valence-corrected chi connectivity index (χ1v) is 8.97. The average Bonchev–Trinajstić information content (AvgIpc) is 2.73. The first-order valence-electron chi connectivity index (χ1n) is 8.97. The predicted octanol–water partition coefficient (Wildman–Crippen LogP) is 7.16. The van der Waals surface area contributed by atoms with Crippen LogP contribution in [0.3, 0.4) is 0 Å². The Morgan fingerprint density at radius 2 is 1.03 bits per heavy atom. The maximum Gasteiger partial charge on any atom is 0.416 e. The minimum absolute atomic E-state index is 0.0304. The van der Waals surface area contributed by atoms with Crippen LogP contribution in [0.5, 0.6) is 0 Å². The summed E-state index contributed by atoms with van der Waals surface area (Å²) in [6, 6.07) is 14.6. The Labute approximate surface area is 171 Å². The molecule has 0 fully saturated rings. The summed E-state index contributed by atoms with van der Waals surface area (Å²) in [4.78, 5) is 12.5. The Morgan fingerprint density at radius 1 is 0.581 bits per heavy atom. The summed E-state index contributed by atoms with van der Waals surface area (Å²) in [5.41, 5.74) is -1.62. The van der Waals surface area contributed by atoms with Gasteiger partial charge in [-0.15, -0.1) is 0 Å². The van der Waals surface area contributed by atoms with Crippen LogP contribution < -0.4 is 5.63 Å². The minimum atomic E-state index is -4.54. The largest absolute Gasteiger partial charge is 0.422 e. The molecule has 0 N–H and O–H groups in total. The molecule has 158 valence electrons. The highest BCUT2D eigenvalue weighted by atomic mass is 19.4. The molecule has 4 aromatic rings. The van der Waals surface area contributed by atoms with Gasteiger partial charge in [-0.1, -0.05) is 42.5 Å². The molecule has 2 nitrogen and oxygen atoms in total. The minimum Gasteiger partial charge on any atom is -0.422 e. The second-order valence-electron chi connectivity index (χ2n) is 6.79. The summed E-state index contributed by atoms with van der Waals surface area (Å²) in [6.07, 6.45) is -9.07. The lowest BCUT2D eigenvalue weighted by atomic mass is 9.94. The monoisotopic (exact) mass is 434 g/mol. The molecule has 0 saturated carbocycles. The molecule has 8 heteroatoms. The van der Waals surface area contributed by atoms with E-state index in [2.05, 4.69) is 0 Å². The Balaban J connectivity index is 1.97. The van der Waals surface area contributed by atoms with Gasteiger partial charge in [-0.25, -0.2) is 4.79 Å². The van der Waals surface area contributed by atoms with E-state index in [-0.39, 0.29) is 16.7 Å². The lowest BCUT2D eigenvalue weighted by Gasteiger charge is -2.14. The molecule has 1 heterocycles. The van der Waals surface area contributed by atoms with Crippen LogP contribution in [0.25, 0.3) is 33.2 Å². The van der Waals surface area contributed by atoms with Crippen molar-refractivity contribution in [1.29, 1.82) is 0 Å². The SMILES string of the molecule is O=c1oc(-c2ccc(C(F)(F)F)cc2)c(-c2ccc(C(F)(F)F)cc2)c2ccccc12. The second kappa shape index (κ2) is 7.30. The Hall–Kier alpha value is -3.55. The summed E-state index contributed by atoms with van der Waals surface area (Å²) in [6.45, 7) is 0. The molecule has 0 amide bonds. The molecular formula is C23H12F6O2. The van der Waals surface area contributed by atoms with Crippen molar-refractivity contribution in [2.24, 2.45) is 0 Å². The summed E-state index contributed by atoms with van der Waals surface area (Å²) in [7, 11) is 0. The third kappa shape index (κ3) is 3.93. The molecule has 0 aliphatic heterocycles. The van der Waals surface area contributed by atoms with E-state index in [0.29, 0.717) is 16.5 Å². The van der Waals surface area contributed by atoms with Crippen LogP contribution in [0.4, 0.5) is 26.3 Å². The van der Waals surface area contributed by atoms with E-state index >= 15 is 0 Å². The van der Waals surface area contributed by atoms with Crippen molar-refractivity contribution in [3.05, 3.63) is 94.3 Å². The van der Waals surface area contributed by atoms with Crippen molar-refractivity contribution in [1.82, 2.24) is 0 Å². The van der Waals surface area contributed by atoms with Crippen molar-refractivity contribution in [3.63, 3.8) is 0 Å². The van der Waals surface area contributed by atoms with Crippen LogP contribution >= 0.6 is 0 Å². The summed E-state index contributed by atoms with van der Waals surface area (Å²) in [5, 5.41) is 0.612. The zero-order chi connectivity index (χ0) is 22.4. The van der Waals surface area contributed by atoms with Gasteiger partial charge in [0.05, 0.1) is 16.5 Å². The van der Waals surface area contributed by atoms with E-state index in [1.807, 2.05) is 0 Å². The molecule has 0 atom stereocenters. The molecular weight excluding hydrogens is 422 g/mol. The van der Waals surface area contributed by atoms with Crippen LogP contribution in [0, 0.1) is 0 Å². The van der Waals surface area contributed by atoms with Gasteiger partial charge in [0.1, 0.15) is 5.76 Å². The first-order chi connectivity index (χ1) is 14.6. The summed E-state index contributed by atoms with van der Waals surface area (Å²) < 4.78 is 83.0. The average molecular weight is 434 g/mol. The highest BCUT2D eigenvalue weighted by Gasteiger charge is 2.31. The molecule has 0 bridgehead atoms. The highest BCUT2D eigenvalue weighted by Crippen LogP contribution is 2.39. The van der Waals surface area contributed by atoms with Gasteiger partial charge >= 0.3 is 18.0 Å². The predicted molar refractivity (Wildman–Crippen MR) is 103 cm³/mol. The van der Waals surface area contributed by atoms with Gasteiger partial charge in [-0.2, -0.15) is 26.3 Å². The normalized spacial score (nSPS) is 12.3. The number of fused-ring (bicyclic) bond motifs is 1. The van der Waals surface area contributed by atoms with E-state index in [9.17, 15) is 31.1 Å². The van der Waals surface area contributed by atoms with E-state index in [4.69, 9.17) is 4.42 Å². The van der Waals surface area contributed by atoms with E-state index in [1.54, 1.807) is 18.2 Å². The lowest BCUT2D eigenvalue weighted by Crippen LogP contribution is -2.06. The highest BCUT2D eigenvalue weighted by molar-refractivity contribution is 6.01. The van der Waals surface area contributed by atoms with Crippen molar-refractivity contribution in [2.75, 3.05) is 0 Å². The topological polar surface area (TPSA) is 30.2 Å². The maximum absolute atomic E-state index is 13.0. The molecule has 0 unspecified atom stereocenters. The van der Waals surface area contributed by atoms with Crippen LogP contribution in [0.15, 0.2) is 82.0 Å².